The SMILES string of the molecule is C[Si]1(C)c2ccccc2-c2cc3c(ccc4[nH]c5ccccc5c43)cc21. The summed E-state index contributed by atoms with van der Waals surface area (Å²) in [4.78, 5) is 3.58. The van der Waals surface area contributed by atoms with Crippen molar-refractivity contribution in [2.45, 2.75) is 13.1 Å². The van der Waals surface area contributed by atoms with Gasteiger partial charge >= 0.3 is 0 Å². The van der Waals surface area contributed by atoms with Gasteiger partial charge in [-0.3, -0.25) is 0 Å². The van der Waals surface area contributed by atoms with Crippen LogP contribution in [0.4, 0.5) is 0 Å². The molecule has 124 valence electrons. The van der Waals surface area contributed by atoms with E-state index < -0.39 is 8.07 Å². The summed E-state index contributed by atoms with van der Waals surface area (Å²) in [6.45, 7) is 4.96. The van der Waals surface area contributed by atoms with Crippen LogP contribution in [0.25, 0.3) is 43.7 Å². The first-order chi connectivity index (χ1) is 12.6. The second kappa shape index (κ2) is 4.66. The molecular weight excluding hydrogens is 330 g/mol. The van der Waals surface area contributed by atoms with Crippen LogP contribution < -0.4 is 10.4 Å². The summed E-state index contributed by atoms with van der Waals surface area (Å²) in [6.07, 6.45) is 0. The van der Waals surface area contributed by atoms with E-state index in [1.807, 2.05) is 0 Å². The zero-order valence-electron chi connectivity index (χ0n) is 14.9. The molecule has 0 saturated carbocycles. The number of fused-ring (bicyclic) bond motifs is 8. The van der Waals surface area contributed by atoms with Crippen LogP contribution in [0.3, 0.4) is 0 Å². The van der Waals surface area contributed by atoms with E-state index in [-0.39, 0.29) is 0 Å². The van der Waals surface area contributed by atoms with E-state index >= 15 is 0 Å². The molecule has 1 aliphatic heterocycles. The Morgan fingerprint density at radius 2 is 1.46 bits per heavy atom. The van der Waals surface area contributed by atoms with Gasteiger partial charge < -0.3 is 4.98 Å². The highest BCUT2D eigenvalue weighted by Crippen LogP contribution is 2.36. The summed E-state index contributed by atoms with van der Waals surface area (Å²) < 4.78 is 0. The van der Waals surface area contributed by atoms with Crippen molar-refractivity contribution in [3.8, 4) is 11.1 Å². The van der Waals surface area contributed by atoms with Crippen LogP contribution in [0.15, 0.2) is 72.8 Å². The predicted octanol–water partition coefficient (Wildman–Crippen LogP) is 5.28. The lowest BCUT2D eigenvalue weighted by atomic mass is 9.98. The molecule has 2 heterocycles. The maximum absolute atomic E-state index is 3.58. The maximum atomic E-state index is 3.58. The lowest BCUT2D eigenvalue weighted by Gasteiger charge is -2.19. The van der Waals surface area contributed by atoms with Gasteiger partial charge in [0.05, 0.1) is 0 Å². The minimum atomic E-state index is -1.61. The minimum Gasteiger partial charge on any atom is -0.354 e. The van der Waals surface area contributed by atoms with Crippen molar-refractivity contribution < 1.29 is 0 Å². The van der Waals surface area contributed by atoms with Gasteiger partial charge in [-0.1, -0.05) is 67.7 Å². The fourth-order valence-corrected chi connectivity index (χ4v) is 7.96. The summed E-state index contributed by atoms with van der Waals surface area (Å²) in [5, 5.41) is 8.53. The molecule has 0 unspecified atom stereocenters. The van der Waals surface area contributed by atoms with Gasteiger partial charge in [-0.15, -0.1) is 0 Å². The first-order valence-electron chi connectivity index (χ1n) is 9.22. The molecule has 2 heteroatoms. The Morgan fingerprint density at radius 1 is 0.654 bits per heavy atom. The predicted molar refractivity (Wildman–Crippen MR) is 115 cm³/mol. The number of para-hydroxylation sites is 1. The molecule has 1 N–H and O–H groups in total. The van der Waals surface area contributed by atoms with Crippen molar-refractivity contribution in [1.29, 1.82) is 0 Å². The number of H-pyrrole nitrogens is 1. The molecular formula is C24H19NSi. The number of hydrogen-bond donors (Lipinski definition) is 1. The third-order valence-electron chi connectivity index (χ3n) is 6.19. The fourth-order valence-electron chi connectivity index (χ4n) is 4.87. The van der Waals surface area contributed by atoms with Gasteiger partial charge in [-0.05, 0) is 50.5 Å². The first-order valence-corrected chi connectivity index (χ1v) is 12.2. The molecule has 0 fully saturated rings. The first kappa shape index (κ1) is 14.3. The van der Waals surface area contributed by atoms with Gasteiger partial charge in [0.25, 0.3) is 0 Å². The number of aromatic nitrogens is 1. The Balaban J connectivity index is 1.81. The molecule has 6 rings (SSSR count). The minimum absolute atomic E-state index is 1.21. The molecule has 0 spiro atoms. The number of hydrogen-bond acceptors (Lipinski definition) is 0. The zero-order chi connectivity index (χ0) is 17.5. The molecule has 4 aromatic carbocycles. The van der Waals surface area contributed by atoms with Gasteiger partial charge in [0.2, 0.25) is 0 Å². The topological polar surface area (TPSA) is 15.8 Å². The molecule has 0 radical (unpaired) electrons. The van der Waals surface area contributed by atoms with E-state index in [4.69, 9.17) is 0 Å². The molecule has 26 heavy (non-hydrogen) atoms. The molecule has 0 aliphatic carbocycles. The monoisotopic (exact) mass is 349 g/mol. The van der Waals surface area contributed by atoms with Crippen LogP contribution in [0.1, 0.15) is 0 Å². The van der Waals surface area contributed by atoms with Crippen LogP contribution in [0.2, 0.25) is 13.1 Å². The molecule has 0 bridgehead atoms. The van der Waals surface area contributed by atoms with E-state index in [0.717, 1.165) is 0 Å². The number of benzene rings is 4. The van der Waals surface area contributed by atoms with Gasteiger partial charge in [0.1, 0.15) is 8.07 Å². The summed E-state index contributed by atoms with van der Waals surface area (Å²) in [7, 11) is -1.61. The van der Waals surface area contributed by atoms with Gasteiger partial charge in [-0.25, -0.2) is 0 Å². The van der Waals surface area contributed by atoms with Gasteiger partial charge in [0.15, 0.2) is 0 Å². The summed E-state index contributed by atoms with van der Waals surface area (Å²) in [5.41, 5.74) is 5.33. The molecule has 5 aromatic rings. The van der Waals surface area contributed by atoms with Crippen LogP contribution in [-0.2, 0) is 0 Å². The highest BCUT2D eigenvalue weighted by molar-refractivity contribution is 7.04. The summed E-state index contributed by atoms with van der Waals surface area (Å²) in [5.74, 6) is 0. The van der Waals surface area contributed by atoms with Crippen LogP contribution in [-0.4, -0.2) is 13.1 Å². The summed E-state index contributed by atoms with van der Waals surface area (Å²) in [6, 6.07) is 27.1. The normalized spacial score (nSPS) is 14.8. The highest BCUT2D eigenvalue weighted by atomic mass is 28.3. The van der Waals surface area contributed by atoms with E-state index in [9.17, 15) is 0 Å². The number of rotatable bonds is 0. The maximum Gasteiger partial charge on any atom is 0.113 e. The Morgan fingerprint density at radius 3 is 2.38 bits per heavy atom. The van der Waals surface area contributed by atoms with Crippen LogP contribution in [0, 0.1) is 0 Å². The van der Waals surface area contributed by atoms with Crippen molar-refractivity contribution in [3.05, 3.63) is 72.8 Å². The number of nitrogens with one attached hydrogen (secondary N) is 1. The Hall–Kier alpha value is -2.84. The van der Waals surface area contributed by atoms with Crippen LogP contribution in [0.5, 0.6) is 0 Å². The van der Waals surface area contributed by atoms with E-state index in [2.05, 4.69) is 90.9 Å². The largest absolute Gasteiger partial charge is 0.354 e. The molecule has 1 aromatic heterocycles. The van der Waals surface area contributed by atoms with Crippen molar-refractivity contribution in [3.63, 3.8) is 0 Å². The third kappa shape index (κ3) is 1.65. The van der Waals surface area contributed by atoms with E-state index in [0.29, 0.717) is 0 Å². The van der Waals surface area contributed by atoms with E-state index in [1.54, 1.807) is 10.4 Å². The average Bonchev–Trinajstić information content (AvgIpc) is 3.15. The smallest absolute Gasteiger partial charge is 0.113 e. The lowest BCUT2D eigenvalue weighted by Crippen LogP contribution is -2.49. The van der Waals surface area contributed by atoms with Crippen molar-refractivity contribution in [2.24, 2.45) is 0 Å². The van der Waals surface area contributed by atoms with Gasteiger partial charge in [0, 0.05) is 21.8 Å². The third-order valence-corrected chi connectivity index (χ3v) is 9.73. The van der Waals surface area contributed by atoms with Crippen molar-refractivity contribution in [1.82, 2.24) is 4.98 Å². The quantitative estimate of drug-likeness (QED) is 0.366. The second-order valence-corrected chi connectivity index (χ2v) is 12.3. The Labute approximate surface area is 153 Å². The zero-order valence-corrected chi connectivity index (χ0v) is 15.9. The fraction of sp³-hybridized carbons (Fsp3) is 0.0833. The standard InChI is InChI=1S/C24H19NSi/c1-26(2)22-10-6-4-7-16(22)19-14-18-15(13-23(19)26)11-12-21-24(18)17-8-3-5-9-20(17)25-21/h3-14,25H,1-2H3. The average molecular weight is 350 g/mol. The molecule has 1 aliphatic rings. The molecule has 0 saturated heterocycles. The Kier molecular flexibility index (Phi) is 2.57. The summed E-state index contributed by atoms with van der Waals surface area (Å²) >= 11 is 0. The molecule has 0 atom stereocenters. The van der Waals surface area contributed by atoms with Gasteiger partial charge in [-0.2, -0.15) is 0 Å². The van der Waals surface area contributed by atoms with E-state index in [1.165, 1.54) is 43.7 Å². The Bertz CT molecular complexity index is 1360. The molecule has 0 amide bonds. The van der Waals surface area contributed by atoms with Crippen molar-refractivity contribution in [2.75, 3.05) is 0 Å². The highest BCUT2D eigenvalue weighted by Gasteiger charge is 2.37. The lowest BCUT2D eigenvalue weighted by molar-refractivity contribution is 1.55. The molecule has 1 nitrogen and oxygen atoms in total. The van der Waals surface area contributed by atoms with Crippen LogP contribution >= 0.6 is 0 Å². The number of aromatic amines is 1. The second-order valence-electron chi connectivity index (χ2n) is 7.95. The van der Waals surface area contributed by atoms with Crippen molar-refractivity contribution >= 4 is 51.0 Å².